The van der Waals surface area contributed by atoms with E-state index >= 15 is 0 Å². The van der Waals surface area contributed by atoms with Gasteiger partial charge in [-0.25, -0.2) is 0 Å². The highest BCUT2D eigenvalue weighted by Gasteiger charge is 2.52. The lowest BCUT2D eigenvalue weighted by atomic mass is 9.81. The molecule has 2 aliphatic rings. The van der Waals surface area contributed by atoms with Gasteiger partial charge in [-0.3, -0.25) is 0 Å². The summed E-state index contributed by atoms with van der Waals surface area (Å²) in [7, 11) is -1.31. The van der Waals surface area contributed by atoms with Crippen LogP contribution in [0.3, 0.4) is 0 Å². The van der Waals surface area contributed by atoms with Gasteiger partial charge in [0.2, 0.25) is 0 Å². The van der Waals surface area contributed by atoms with Crippen molar-refractivity contribution in [2.45, 2.75) is 58.0 Å². The fraction of sp³-hybridized carbons (Fsp3) is 0.733. The first-order valence-corrected chi connectivity index (χ1v) is 6.25. The molecular formula is C15H24BNO3. The lowest BCUT2D eigenvalue weighted by Crippen LogP contribution is -2.41. The highest BCUT2D eigenvalue weighted by Crippen LogP contribution is 2.36. The maximum atomic E-state index is 8.45. The number of piperidine rings is 1. The van der Waals surface area contributed by atoms with Crippen molar-refractivity contribution < 1.29 is 30.2 Å². The van der Waals surface area contributed by atoms with Gasteiger partial charge in [-0.2, -0.15) is 0 Å². The van der Waals surface area contributed by atoms with Gasteiger partial charge in [0.05, 0.1) is 18.8 Å². The summed E-state index contributed by atoms with van der Waals surface area (Å²) in [4.78, 5) is -0.0730. The lowest BCUT2D eigenvalue weighted by molar-refractivity contribution is 0.00578. The van der Waals surface area contributed by atoms with Gasteiger partial charge in [0.25, 0.3) is 0 Å². The van der Waals surface area contributed by atoms with Crippen LogP contribution in [0.15, 0.2) is 16.7 Å². The van der Waals surface area contributed by atoms with Crippen molar-refractivity contribution in [1.82, 2.24) is 0 Å². The van der Waals surface area contributed by atoms with Crippen molar-refractivity contribution in [3.05, 3.63) is 12.3 Å². The van der Waals surface area contributed by atoms with E-state index in [1.807, 2.05) is 0 Å². The van der Waals surface area contributed by atoms with Crippen molar-refractivity contribution in [3.8, 4) is 0 Å². The van der Waals surface area contributed by atoms with Crippen LogP contribution >= 0.6 is 0 Å². The Morgan fingerprint density at radius 2 is 1.75 bits per heavy atom. The quantitative estimate of drug-likeness (QED) is 0.784. The first-order chi connectivity index (χ1) is 14.0. The molecule has 0 amide bonds. The summed E-state index contributed by atoms with van der Waals surface area (Å²) < 4.78 is 114. The van der Waals surface area contributed by atoms with E-state index < -0.39 is 68.6 Å². The minimum atomic E-state index is -3.60. The zero-order valence-electron chi connectivity index (χ0n) is 23.7. The van der Waals surface area contributed by atoms with Crippen LogP contribution in [-0.4, -0.2) is 31.3 Å². The molecule has 0 unspecified atom stereocenters. The number of nitrogens with zero attached hydrogens (tertiary/aromatic N) is 1. The van der Waals surface area contributed by atoms with Gasteiger partial charge in [-0.05, 0) is 46.8 Å². The normalized spacial score (nSPS) is 46.6. The van der Waals surface area contributed by atoms with Crippen molar-refractivity contribution in [2.75, 3.05) is 17.9 Å². The van der Waals surface area contributed by atoms with Crippen LogP contribution < -0.4 is 10.4 Å². The third-order valence-electron chi connectivity index (χ3n) is 3.65. The molecule has 0 aliphatic carbocycles. The maximum absolute atomic E-state index is 8.45. The highest BCUT2D eigenvalue weighted by molar-refractivity contribution is 6.62. The number of hydrogen-bond acceptors (Lipinski definition) is 4. The Kier molecular flexibility index (Phi) is 1.37. The molecular weight excluding hydrogens is 253 g/mol. The van der Waals surface area contributed by atoms with Gasteiger partial charge < -0.3 is 18.6 Å². The number of anilines is 1. The summed E-state index contributed by atoms with van der Waals surface area (Å²) in [5, 5.41) is 0. The Balaban J connectivity index is 2.22. The zero-order valence-corrected chi connectivity index (χ0v) is 11.7. The SMILES string of the molecule is [2H]c1oc(N2C([2H])([2H])C([2H])([2H])C([2H])([2H])C([2H])([2H])C2([2H])[2H])c([2H])c1B1OC(C)(C)C(C)(C)O1. The second-order valence-corrected chi connectivity index (χ2v) is 5.57. The second-order valence-electron chi connectivity index (χ2n) is 5.57. The molecule has 2 aliphatic heterocycles. The summed E-state index contributed by atoms with van der Waals surface area (Å²) in [6.07, 6.45) is -11.5. The molecule has 2 fully saturated rings. The largest absolute Gasteiger partial charge is 0.498 e. The Bertz CT molecular complexity index is 898. The molecule has 3 rings (SSSR count). The minimum Gasteiger partial charge on any atom is -0.449 e. The van der Waals surface area contributed by atoms with E-state index in [4.69, 9.17) is 30.2 Å². The Labute approximate surface area is 138 Å². The van der Waals surface area contributed by atoms with E-state index in [1.54, 1.807) is 27.7 Å². The van der Waals surface area contributed by atoms with Crippen LogP contribution in [-0.2, 0) is 9.31 Å². The Hall–Kier alpha value is -0.935. The average molecular weight is 289 g/mol. The van der Waals surface area contributed by atoms with E-state index in [0.29, 0.717) is 0 Å². The molecule has 0 atom stereocenters. The monoisotopic (exact) mass is 289 g/mol. The fourth-order valence-corrected chi connectivity index (χ4v) is 1.77. The first-order valence-electron chi connectivity index (χ1n) is 12.2. The molecule has 0 saturated carbocycles. The van der Waals surface area contributed by atoms with Gasteiger partial charge in [0.15, 0.2) is 5.88 Å². The Morgan fingerprint density at radius 1 is 1.15 bits per heavy atom. The molecule has 20 heavy (non-hydrogen) atoms. The van der Waals surface area contributed by atoms with Gasteiger partial charge in [-0.15, -0.1) is 0 Å². The number of rotatable bonds is 2. The minimum absolute atomic E-state index is 0.0730. The summed E-state index contributed by atoms with van der Waals surface area (Å²) in [5.74, 6) is -0.974. The molecule has 2 saturated heterocycles. The number of hydrogen-bond donors (Lipinski definition) is 0. The van der Waals surface area contributed by atoms with E-state index in [1.165, 1.54) is 0 Å². The highest BCUT2D eigenvalue weighted by atomic mass is 16.7. The van der Waals surface area contributed by atoms with Crippen molar-refractivity contribution >= 4 is 18.5 Å². The topological polar surface area (TPSA) is 34.8 Å². The molecule has 0 aromatic carbocycles. The van der Waals surface area contributed by atoms with Crippen LogP contribution in [0.1, 0.15) is 63.3 Å². The second kappa shape index (κ2) is 4.81. The standard InChI is InChI=1S/C15H24BNO3/c1-14(2)15(3,4)20-16(19-14)12-10-13(18-11-12)17-8-6-5-7-9-17/h10-11H,5-9H2,1-4H3/i5D2,6D2,7D2,8D2,9D2,10D,11D. The van der Waals surface area contributed by atoms with E-state index in [-0.39, 0.29) is 10.4 Å². The molecule has 0 bridgehead atoms. The average Bonchev–Trinajstić information content (AvgIpc) is 2.97. The van der Waals surface area contributed by atoms with Gasteiger partial charge in [-0.1, -0.05) is 0 Å². The fourth-order valence-electron chi connectivity index (χ4n) is 1.77. The zero-order chi connectivity index (χ0) is 25.1. The molecule has 0 radical (unpaired) electrons. The van der Waals surface area contributed by atoms with E-state index in [9.17, 15) is 0 Å². The van der Waals surface area contributed by atoms with Gasteiger partial charge in [0.1, 0.15) is 1.37 Å². The van der Waals surface area contributed by atoms with E-state index in [2.05, 4.69) is 0 Å². The summed E-state index contributed by atoms with van der Waals surface area (Å²) in [6.45, 7) is -0.164. The van der Waals surface area contributed by atoms with Crippen LogP contribution in [0.5, 0.6) is 0 Å². The van der Waals surface area contributed by atoms with Crippen molar-refractivity contribution in [2.24, 2.45) is 0 Å². The predicted octanol–water partition coefficient (Wildman–Crippen LogP) is 2.57. The van der Waals surface area contributed by atoms with E-state index in [0.717, 1.165) is 0 Å². The van der Waals surface area contributed by atoms with Crippen LogP contribution in [0.4, 0.5) is 5.88 Å². The molecule has 0 spiro atoms. The molecule has 1 aromatic rings. The summed E-state index contributed by atoms with van der Waals surface area (Å²) in [6, 6.07) is -0.754. The molecule has 3 heterocycles. The molecule has 0 N–H and O–H groups in total. The van der Waals surface area contributed by atoms with Crippen LogP contribution in [0.2, 0.25) is 0 Å². The third-order valence-corrected chi connectivity index (χ3v) is 3.65. The molecule has 4 nitrogen and oxygen atoms in total. The van der Waals surface area contributed by atoms with Gasteiger partial charge >= 0.3 is 7.12 Å². The maximum Gasteiger partial charge on any atom is 0.498 e. The Morgan fingerprint density at radius 3 is 2.35 bits per heavy atom. The van der Waals surface area contributed by atoms with Gasteiger partial charge in [0, 0.05) is 38.2 Å². The smallest absolute Gasteiger partial charge is 0.449 e. The summed E-state index contributed by atoms with van der Waals surface area (Å²) in [5.41, 5.74) is -2.04. The molecule has 110 valence electrons. The van der Waals surface area contributed by atoms with Crippen molar-refractivity contribution in [3.63, 3.8) is 0 Å². The third kappa shape index (κ3) is 2.37. The molecule has 1 aromatic heterocycles. The number of furan rings is 1. The van der Waals surface area contributed by atoms with Crippen molar-refractivity contribution in [1.29, 1.82) is 0 Å². The first kappa shape index (κ1) is 5.69. The van der Waals surface area contributed by atoms with Crippen LogP contribution in [0.25, 0.3) is 0 Å². The lowest BCUT2D eigenvalue weighted by Gasteiger charge is -2.32. The summed E-state index contributed by atoms with van der Waals surface area (Å²) >= 11 is 0. The molecule has 5 heteroatoms. The predicted molar refractivity (Wildman–Crippen MR) is 80.5 cm³/mol. The van der Waals surface area contributed by atoms with Crippen LogP contribution in [0, 0.1) is 0 Å².